The molecule has 7 nitrogen and oxygen atoms in total. The number of benzene rings is 2. The van der Waals surface area contributed by atoms with Crippen molar-refractivity contribution in [3.8, 4) is 5.75 Å². The highest BCUT2D eigenvalue weighted by atomic mass is 32.2. The summed E-state index contributed by atoms with van der Waals surface area (Å²) in [5, 5.41) is 13.4. The van der Waals surface area contributed by atoms with Crippen LogP contribution in [0.1, 0.15) is 15.9 Å². The maximum atomic E-state index is 11.8. The lowest BCUT2D eigenvalue weighted by Crippen LogP contribution is -2.30. The number of aldehydes is 1. The number of nitro groups is 1. The zero-order valence-electron chi connectivity index (χ0n) is 13.9. The van der Waals surface area contributed by atoms with Gasteiger partial charge in [-0.2, -0.15) is 11.8 Å². The lowest BCUT2D eigenvalue weighted by molar-refractivity contribution is -0.384. The molecule has 2 aromatic rings. The van der Waals surface area contributed by atoms with Crippen LogP contribution in [-0.2, 0) is 10.5 Å². The summed E-state index contributed by atoms with van der Waals surface area (Å²) >= 11 is 1.71. The van der Waals surface area contributed by atoms with Gasteiger partial charge in [-0.25, -0.2) is 0 Å². The van der Waals surface area contributed by atoms with Crippen molar-refractivity contribution in [1.29, 1.82) is 0 Å². The Hall–Kier alpha value is -2.87. The number of non-ortho nitro benzene ring substituents is 1. The lowest BCUT2D eigenvalue weighted by Gasteiger charge is -2.09. The zero-order valence-corrected chi connectivity index (χ0v) is 14.7. The van der Waals surface area contributed by atoms with Crippen molar-refractivity contribution in [2.75, 3.05) is 18.9 Å². The molecule has 0 spiro atoms. The number of rotatable bonds is 10. The van der Waals surface area contributed by atoms with Gasteiger partial charge in [-0.1, -0.05) is 30.3 Å². The predicted molar refractivity (Wildman–Crippen MR) is 99.6 cm³/mol. The Labute approximate surface area is 154 Å². The van der Waals surface area contributed by atoms with E-state index in [9.17, 15) is 19.7 Å². The summed E-state index contributed by atoms with van der Waals surface area (Å²) in [6.45, 7) is 0.239. The number of hydrogen-bond donors (Lipinski definition) is 1. The Kier molecular flexibility index (Phi) is 7.63. The Morgan fingerprint density at radius 3 is 2.69 bits per heavy atom. The summed E-state index contributed by atoms with van der Waals surface area (Å²) in [6, 6.07) is 13.7. The molecule has 1 N–H and O–H groups in total. The molecule has 0 radical (unpaired) electrons. The van der Waals surface area contributed by atoms with Crippen molar-refractivity contribution in [1.82, 2.24) is 5.32 Å². The fourth-order valence-corrected chi connectivity index (χ4v) is 2.91. The molecule has 26 heavy (non-hydrogen) atoms. The Morgan fingerprint density at radius 2 is 2.00 bits per heavy atom. The van der Waals surface area contributed by atoms with Crippen LogP contribution >= 0.6 is 11.8 Å². The molecule has 0 aliphatic carbocycles. The van der Waals surface area contributed by atoms with Crippen molar-refractivity contribution in [2.45, 2.75) is 5.75 Å². The third kappa shape index (κ3) is 6.21. The second kappa shape index (κ2) is 10.2. The molecule has 136 valence electrons. The first kappa shape index (κ1) is 19.5. The van der Waals surface area contributed by atoms with Crippen LogP contribution in [0.25, 0.3) is 0 Å². The molecular formula is C18H18N2O5S. The topological polar surface area (TPSA) is 98.5 Å². The van der Waals surface area contributed by atoms with Gasteiger partial charge in [0.15, 0.2) is 12.9 Å². The maximum Gasteiger partial charge on any atom is 0.270 e. The van der Waals surface area contributed by atoms with Crippen molar-refractivity contribution < 1.29 is 19.2 Å². The second-order valence-electron chi connectivity index (χ2n) is 5.27. The van der Waals surface area contributed by atoms with Gasteiger partial charge in [0.2, 0.25) is 0 Å². The van der Waals surface area contributed by atoms with E-state index in [4.69, 9.17) is 4.74 Å². The molecule has 0 unspecified atom stereocenters. The van der Waals surface area contributed by atoms with Gasteiger partial charge in [0.1, 0.15) is 5.75 Å². The molecule has 0 saturated carbocycles. The normalized spacial score (nSPS) is 10.2. The summed E-state index contributed by atoms with van der Waals surface area (Å²) in [7, 11) is 0. The molecule has 0 aromatic heterocycles. The van der Waals surface area contributed by atoms with E-state index in [2.05, 4.69) is 5.32 Å². The van der Waals surface area contributed by atoms with Crippen LogP contribution < -0.4 is 10.1 Å². The third-order valence-corrected chi connectivity index (χ3v) is 4.40. The molecule has 2 rings (SSSR count). The smallest absolute Gasteiger partial charge is 0.270 e. The van der Waals surface area contributed by atoms with E-state index >= 15 is 0 Å². The number of ether oxygens (including phenoxy) is 1. The maximum absolute atomic E-state index is 11.8. The summed E-state index contributed by atoms with van der Waals surface area (Å²) in [5.41, 5.74) is 1.05. The number of nitrogens with zero attached hydrogens (tertiary/aromatic N) is 1. The lowest BCUT2D eigenvalue weighted by atomic mass is 10.2. The van der Waals surface area contributed by atoms with E-state index in [-0.39, 0.29) is 29.5 Å². The van der Waals surface area contributed by atoms with Crippen LogP contribution in [0, 0.1) is 10.1 Å². The summed E-state index contributed by atoms with van der Waals surface area (Å²) in [5.74, 6) is 1.45. The second-order valence-corrected chi connectivity index (χ2v) is 6.38. The van der Waals surface area contributed by atoms with Gasteiger partial charge in [0, 0.05) is 30.2 Å². The van der Waals surface area contributed by atoms with E-state index in [1.807, 2.05) is 30.3 Å². The highest BCUT2D eigenvalue weighted by molar-refractivity contribution is 7.98. The number of thioether (sulfide) groups is 1. The van der Waals surface area contributed by atoms with Gasteiger partial charge in [0.05, 0.1) is 10.5 Å². The number of carbonyl (C=O) groups is 2. The first-order valence-electron chi connectivity index (χ1n) is 7.85. The summed E-state index contributed by atoms with van der Waals surface area (Å²) in [6.07, 6.45) is 0.459. The first-order chi connectivity index (χ1) is 12.6. The Bertz CT molecular complexity index is 767. The molecule has 1 amide bonds. The van der Waals surface area contributed by atoms with Gasteiger partial charge < -0.3 is 10.1 Å². The largest absolute Gasteiger partial charge is 0.483 e. The molecule has 0 bridgehead atoms. The van der Waals surface area contributed by atoms with Crippen molar-refractivity contribution in [3.05, 3.63) is 69.8 Å². The molecule has 0 aliphatic rings. The van der Waals surface area contributed by atoms with E-state index in [0.29, 0.717) is 12.8 Å². The van der Waals surface area contributed by atoms with Crippen molar-refractivity contribution >= 4 is 29.6 Å². The zero-order chi connectivity index (χ0) is 18.8. The van der Waals surface area contributed by atoms with Crippen LogP contribution in [0.4, 0.5) is 5.69 Å². The van der Waals surface area contributed by atoms with Gasteiger partial charge in [0.25, 0.3) is 11.6 Å². The van der Waals surface area contributed by atoms with Crippen LogP contribution in [-0.4, -0.2) is 36.0 Å². The number of nitrogens with one attached hydrogen (secondary N) is 1. The average Bonchev–Trinajstić information content (AvgIpc) is 2.66. The quantitative estimate of drug-likeness (QED) is 0.297. The van der Waals surface area contributed by atoms with Gasteiger partial charge in [-0.15, -0.1) is 0 Å². The Balaban J connectivity index is 1.70. The van der Waals surface area contributed by atoms with Crippen LogP contribution in [0.5, 0.6) is 5.75 Å². The van der Waals surface area contributed by atoms with E-state index in [1.165, 1.54) is 17.7 Å². The van der Waals surface area contributed by atoms with Crippen molar-refractivity contribution in [2.24, 2.45) is 0 Å². The van der Waals surface area contributed by atoms with Crippen LogP contribution in [0.3, 0.4) is 0 Å². The fourth-order valence-electron chi connectivity index (χ4n) is 2.09. The summed E-state index contributed by atoms with van der Waals surface area (Å²) < 4.78 is 5.28. The highest BCUT2D eigenvalue weighted by Crippen LogP contribution is 2.22. The average molecular weight is 374 g/mol. The van der Waals surface area contributed by atoms with Crippen LogP contribution in [0.15, 0.2) is 48.5 Å². The highest BCUT2D eigenvalue weighted by Gasteiger charge is 2.12. The number of amides is 1. The minimum atomic E-state index is -0.601. The van der Waals surface area contributed by atoms with Gasteiger partial charge in [-0.05, 0) is 11.6 Å². The fraction of sp³-hybridized carbons (Fsp3) is 0.222. The van der Waals surface area contributed by atoms with E-state index < -0.39 is 4.92 Å². The molecule has 8 heteroatoms. The molecular weight excluding hydrogens is 356 g/mol. The minimum Gasteiger partial charge on any atom is -0.483 e. The monoisotopic (exact) mass is 374 g/mol. The van der Waals surface area contributed by atoms with Crippen molar-refractivity contribution in [3.63, 3.8) is 0 Å². The van der Waals surface area contributed by atoms with E-state index in [1.54, 1.807) is 11.8 Å². The Morgan fingerprint density at radius 1 is 1.23 bits per heavy atom. The van der Waals surface area contributed by atoms with Gasteiger partial charge in [-0.3, -0.25) is 19.7 Å². The molecule has 0 fully saturated rings. The van der Waals surface area contributed by atoms with Gasteiger partial charge >= 0.3 is 0 Å². The number of carbonyl (C=O) groups excluding carboxylic acids is 2. The molecule has 2 aromatic carbocycles. The summed E-state index contributed by atoms with van der Waals surface area (Å²) in [4.78, 5) is 32.9. The standard InChI is InChI=1S/C18H18N2O5S/c21-11-15-10-16(20(23)24)6-7-17(15)25-12-18(22)19-8-9-26-13-14-4-2-1-3-5-14/h1-7,10-11H,8-9,12-13H2,(H,19,22). The molecule has 0 heterocycles. The first-order valence-corrected chi connectivity index (χ1v) is 9.00. The molecule has 0 saturated heterocycles. The predicted octanol–water partition coefficient (Wildman–Crippen LogP) is 2.84. The third-order valence-electron chi connectivity index (χ3n) is 3.37. The minimum absolute atomic E-state index is 0.0328. The molecule has 0 aliphatic heterocycles. The number of nitro benzene ring substituents is 1. The number of hydrogen-bond acceptors (Lipinski definition) is 6. The SMILES string of the molecule is O=Cc1cc([N+](=O)[O-])ccc1OCC(=O)NCCSCc1ccccc1. The van der Waals surface area contributed by atoms with E-state index in [0.717, 1.165) is 17.6 Å². The van der Waals surface area contributed by atoms with Crippen LogP contribution in [0.2, 0.25) is 0 Å². The molecule has 0 atom stereocenters.